The van der Waals surface area contributed by atoms with Crippen LogP contribution in [0.3, 0.4) is 0 Å². The van der Waals surface area contributed by atoms with E-state index in [1.165, 1.54) is 82.7 Å². The molecule has 0 saturated carbocycles. The van der Waals surface area contributed by atoms with Gasteiger partial charge in [-0.3, -0.25) is 57.6 Å². The number of rotatable bonds is 15. The fourth-order valence-electron chi connectivity index (χ4n) is 11.2. The maximum atomic E-state index is 15.3. The van der Waals surface area contributed by atoms with Gasteiger partial charge in [-0.25, -0.2) is 9.69 Å². The van der Waals surface area contributed by atoms with Crippen LogP contribution in [0.25, 0.3) is 0 Å². The van der Waals surface area contributed by atoms with Gasteiger partial charge in [0.05, 0.1) is 18.6 Å². The molecule has 0 aromatic rings. The SMILES string of the molecule is C/C=C/C[C@@H](C)[C@@H](OC(C)=O)[C@H]1C(=O)N[C@@H](CC)C(=O)N(C)CC(=O)N(C)[C@@H](CC(C)C)C(=O)N[C@@H](C(C)C)C(=O)N(C)[C@@H](CC(C)C)C(=O)N[C@@H](C)C(=O)N[C@H](C)C(=O)N(C)[C@H](CC(C)C)C(=O)N(C)[C@@H](C(C)C)C(=O)C(C)[NH+](C(C)C)C(=O)N1C. The van der Waals surface area contributed by atoms with Crippen LogP contribution in [0.5, 0.6) is 0 Å². The number of urea groups is 1. The molecule has 2 unspecified atom stereocenters. The van der Waals surface area contributed by atoms with Gasteiger partial charge >= 0.3 is 12.0 Å². The van der Waals surface area contributed by atoms with Crippen molar-refractivity contribution in [1.29, 1.82) is 0 Å². The van der Waals surface area contributed by atoms with Crippen LogP contribution in [0.2, 0.25) is 0 Å². The first kappa shape index (κ1) is 78.6. The van der Waals surface area contributed by atoms with Gasteiger partial charge in [0.2, 0.25) is 58.9 Å². The van der Waals surface area contributed by atoms with E-state index in [4.69, 9.17) is 4.74 Å². The van der Waals surface area contributed by atoms with Gasteiger partial charge in [-0.15, -0.1) is 0 Å². The molecule has 24 heteroatoms. The Hall–Kier alpha value is -6.46. The average Bonchev–Trinajstić information content (AvgIpc) is 1.69. The molecule has 0 radical (unpaired) electrons. The molecular formula is C63H112N11O13+. The Balaban J connectivity index is 4.40. The summed E-state index contributed by atoms with van der Waals surface area (Å²) in [5.74, 6) is -9.54. The summed E-state index contributed by atoms with van der Waals surface area (Å²) in [5.41, 5.74) is 0. The third-order valence-corrected chi connectivity index (χ3v) is 16.3. The number of likely N-dealkylation sites (N-methyl/N-ethyl adjacent to an activating group) is 6. The number of amides is 11. The minimum atomic E-state index is -1.60. The number of nitrogens with one attached hydrogen (secondary N) is 5. The van der Waals surface area contributed by atoms with E-state index in [0.717, 1.165) is 9.80 Å². The van der Waals surface area contributed by atoms with Crippen molar-refractivity contribution in [3.63, 3.8) is 0 Å². The largest absolute Gasteiger partial charge is 0.459 e. The highest BCUT2D eigenvalue weighted by atomic mass is 16.5. The lowest BCUT2D eigenvalue weighted by Crippen LogP contribution is -3.22. The molecule has 0 aromatic heterocycles. The molecule has 24 nitrogen and oxygen atoms in total. The molecular weight excluding hydrogens is 1120 g/mol. The standard InChI is InChI=1S/C63H111N11O13/c1-26-28-29-40(15)54(87-44(19)75)52-58(81)66-45(27-2)60(83)68(20)33-49(76)69(21)46(30-34(3)4)57(80)67-50(37(9)10)62(85)70(22)47(31-35(5)6)56(79)64-41(16)55(78)65-42(17)59(82)71(23)48(32-36(7)8)61(84)72(24)51(38(11)12)53(77)43(18)74(39(13)14)63(86)73(52)25/h26,28,34-43,45-48,50-52,54H,27,29-33H2,1-25H3,(H,64,79)(H,65,78)(H,66,81)(H,67,80)/p+1/b28-26+/t40-,41+,42-,43?,45+,46+,47+,48-,50+,51+,52+,54-/m1/s1. The molecule has 11 amide bonds. The molecule has 1 aliphatic rings. The second-order valence-electron chi connectivity index (χ2n) is 26.3. The van der Waals surface area contributed by atoms with E-state index in [-0.39, 0.29) is 48.3 Å². The van der Waals surface area contributed by atoms with Crippen LogP contribution in [-0.2, 0) is 57.5 Å². The van der Waals surface area contributed by atoms with E-state index in [0.29, 0.717) is 6.42 Å². The molecule has 87 heavy (non-hydrogen) atoms. The second kappa shape index (κ2) is 35.5. The Morgan fingerprint density at radius 2 is 1.05 bits per heavy atom. The number of ketones is 1. The molecule has 0 aliphatic carbocycles. The second-order valence-corrected chi connectivity index (χ2v) is 26.3. The van der Waals surface area contributed by atoms with Gasteiger partial charge in [-0.2, -0.15) is 0 Å². The van der Waals surface area contributed by atoms with Gasteiger partial charge in [-0.1, -0.05) is 95.2 Å². The number of carbonyl (C=O) groups is 12. The Labute approximate surface area is 519 Å². The average molecular weight is 1230 g/mol. The van der Waals surface area contributed by atoms with Crippen molar-refractivity contribution >= 4 is 70.9 Å². The predicted molar refractivity (Wildman–Crippen MR) is 333 cm³/mol. The van der Waals surface area contributed by atoms with Crippen LogP contribution in [0.4, 0.5) is 4.79 Å². The topological polar surface area (TPSA) is 286 Å². The summed E-state index contributed by atoms with van der Waals surface area (Å²) in [6, 6.07) is -13.7. The van der Waals surface area contributed by atoms with Crippen LogP contribution < -0.4 is 26.2 Å². The van der Waals surface area contributed by atoms with Crippen molar-refractivity contribution < 1.29 is 67.2 Å². The van der Waals surface area contributed by atoms with Gasteiger partial charge in [-0.05, 0) is 109 Å². The number of quaternary nitrogens is 1. The summed E-state index contributed by atoms with van der Waals surface area (Å²) in [5, 5.41) is 11.0. The number of Topliss-reactive ketones (excluding diaryl/α,β-unsaturated/α-hetero) is 1. The molecule has 1 saturated heterocycles. The van der Waals surface area contributed by atoms with Crippen LogP contribution in [0.1, 0.15) is 164 Å². The maximum absolute atomic E-state index is 15.3. The number of hydrogen-bond acceptors (Lipinski definition) is 13. The van der Waals surface area contributed by atoms with E-state index < -0.39 is 168 Å². The van der Waals surface area contributed by atoms with Gasteiger partial charge in [0.25, 0.3) is 0 Å². The summed E-state index contributed by atoms with van der Waals surface area (Å²) in [6.07, 6.45) is 3.04. The highest BCUT2D eigenvalue weighted by Gasteiger charge is 2.49. The number of nitrogens with zero attached hydrogens (tertiary/aromatic N) is 6. The first-order valence-corrected chi connectivity index (χ1v) is 31.1. The lowest BCUT2D eigenvalue weighted by atomic mass is 9.91. The van der Waals surface area contributed by atoms with Gasteiger partial charge in [0.15, 0.2) is 12.1 Å². The van der Waals surface area contributed by atoms with Crippen LogP contribution in [0.15, 0.2) is 12.2 Å². The lowest BCUT2D eigenvalue weighted by molar-refractivity contribution is -0.857. The first-order chi connectivity index (χ1) is 40.1. The van der Waals surface area contributed by atoms with Crippen molar-refractivity contribution in [2.75, 3.05) is 48.8 Å². The minimum Gasteiger partial charge on any atom is -0.459 e. The fourth-order valence-corrected chi connectivity index (χ4v) is 11.2. The predicted octanol–water partition coefficient (Wildman–Crippen LogP) is 2.81. The molecule has 0 aromatic carbocycles. The van der Waals surface area contributed by atoms with Crippen molar-refractivity contribution in [1.82, 2.24) is 50.7 Å². The molecule has 0 bridgehead atoms. The quantitative estimate of drug-likeness (QED) is 0.117. The van der Waals surface area contributed by atoms with Gasteiger partial charge in [0.1, 0.15) is 48.4 Å². The Kier molecular flexibility index (Phi) is 32.1. The van der Waals surface area contributed by atoms with Crippen molar-refractivity contribution in [2.45, 2.75) is 236 Å². The van der Waals surface area contributed by atoms with E-state index >= 15 is 14.4 Å². The Morgan fingerprint density at radius 3 is 1.51 bits per heavy atom. The molecule has 1 heterocycles. The van der Waals surface area contributed by atoms with Gasteiger partial charge < -0.3 is 50.5 Å². The molecule has 1 aliphatic heterocycles. The number of carbonyl (C=O) groups excluding carboxylic acids is 12. The van der Waals surface area contributed by atoms with E-state index in [2.05, 4.69) is 21.3 Å². The molecule has 496 valence electrons. The van der Waals surface area contributed by atoms with Crippen molar-refractivity contribution in [3.05, 3.63) is 12.2 Å². The number of hydrogen-bond donors (Lipinski definition) is 5. The van der Waals surface area contributed by atoms with E-state index in [1.54, 1.807) is 75.3 Å². The zero-order chi connectivity index (χ0) is 67.6. The third kappa shape index (κ3) is 22.0. The fraction of sp³-hybridized carbons (Fsp3) is 0.778. The van der Waals surface area contributed by atoms with Crippen molar-refractivity contribution in [3.8, 4) is 0 Å². The molecule has 1 fully saturated rings. The van der Waals surface area contributed by atoms with Crippen LogP contribution in [-0.4, -0.2) is 222 Å². The summed E-state index contributed by atoms with van der Waals surface area (Å²) in [7, 11) is 8.45. The Morgan fingerprint density at radius 1 is 0.563 bits per heavy atom. The zero-order valence-corrected chi connectivity index (χ0v) is 57.3. The highest BCUT2D eigenvalue weighted by Crippen LogP contribution is 2.24. The van der Waals surface area contributed by atoms with Crippen molar-refractivity contribution in [2.24, 2.45) is 35.5 Å². The zero-order valence-electron chi connectivity index (χ0n) is 57.3. The number of ether oxygens (including phenoxy) is 1. The summed E-state index contributed by atoms with van der Waals surface area (Å²) in [6.45, 7) is 31.7. The molecule has 5 N–H and O–H groups in total. The Bertz CT molecular complexity index is 2430. The maximum Gasteiger partial charge on any atom is 0.418 e. The number of allylic oxidation sites excluding steroid dienone is 2. The highest BCUT2D eigenvalue weighted by molar-refractivity contribution is 5.99. The van der Waals surface area contributed by atoms with E-state index in [1.807, 2.05) is 47.6 Å². The van der Waals surface area contributed by atoms with E-state index in [9.17, 15) is 43.2 Å². The smallest absolute Gasteiger partial charge is 0.418 e. The first-order valence-electron chi connectivity index (χ1n) is 31.1. The summed E-state index contributed by atoms with van der Waals surface area (Å²) < 4.78 is 5.92. The third-order valence-electron chi connectivity index (χ3n) is 16.3. The monoisotopic (exact) mass is 1230 g/mol. The summed E-state index contributed by atoms with van der Waals surface area (Å²) in [4.78, 5) is 181. The van der Waals surface area contributed by atoms with Gasteiger partial charge in [0, 0.05) is 49.2 Å². The number of esters is 1. The minimum absolute atomic E-state index is 0.000409. The molecule has 0 spiro atoms. The molecule has 1 rings (SSSR count). The van der Waals surface area contributed by atoms with Crippen LogP contribution >= 0.6 is 0 Å². The molecule has 13 atom stereocenters. The normalized spacial score (nSPS) is 27.3. The van der Waals surface area contributed by atoms with Crippen LogP contribution in [0, 0.1) is 35.5 Å². The lowest BCUT2D eigenvalue weighted by Gasteiger charge is -2.40. The summed E-state index contributed by atoms with van der Waals surface area (Å²) >= 11 is 0.